The molecule has 0 fully saturated rings. The molecule has 1 aromatic heterocycles. The molecule has 1 rings (SSSR count). The molecule has 0 N–H and O–H groups in total. The molecule has 0 aliphatic rings. The second-order valence-corrected chi connectivity index (χ2v) is 1.99. The molecule has 1 heterocycles. The number of nitrogens with zero attached hydrogens (tertiary/aromatic N) is 1. The number of pyridine rings is 1. The van der Waals surface area contributed by atoms with Gasteiger partial charge in [0.05, 0.1) is 7.11 Å². The van der Waals surface area contributed by atoms with Gasteiger partial charge in [0.15, 0.2) is 0 Å². The summed E-state index contributed by atoms with van der Waals surface area (Å²) in [6, 6.07) is 2.81. The maximum Gasteiger partial charge on any atom is 1.00 e. The van der Waals surface area contributed by atoms with Crippen LogP contribution in [0.4, 0.5) is 13.2 Å². The molecule has 0 bridgehead atoms. The van der Waals surface area contributed by atoms with E-state index in [1.807, 2.05) is 6.07 Å². The second kappa shape index (κ2) is 4.54. The van der Waals surface area contributed by atoms with Gasteiger partial charge in [0.25, 0.3) is 0 Å². The maximum absolute atomic E-state index is 12.0. The number of ether oxygens (including phenoxy) is 1. The second-order valence-electron chi connectivity index (χ2n) is 1.99. The summed E-state index contributed by atoms with van der Waals surface area (Å²) in [6.07, 6.45) is -3.37. The van der Waals surface area contributed by atoms with Crippen LogP contribution in [-0.4, -0.2) is 12.1 Å². The van der Waals surface area contributed by atoms with E-state index < -0.39 is 11.7 Å². The summed E-state index contributed by atoms with van der Waals surface area (Å²) in [4.78, 5) is 3.49. The van der Waals surface area contributed by atoms with Gasteiger partial charge in [-0.15, -0.1) is 5.56 Å². The van der Waals surface area contributed by atoms with Crippen molar-refractivity contribution in [1.29, 1.82) is 0 Å². The number of hydrogen-bond donors (Lipinski definition) is 0. The van der Waals surface area contributed by atoms with Gasteiger partial charge in [-0.25, -0.2) is 0 Å². The molecule has 0 radical (unpaired) electrons. The van der Waals surface area contributed by atoms with Crippen molar-refractivity contribution in [2.75, 3.05) is 7.11 Å². The van der Waals surface area contributed by atoms with E-state index in [0.29, 0.717) is 0 Å². The van der Waals surface area contributed by atoms with E-state index >= 15 is 0 Å². The minimum absolute atomic E-state index is 0. The van der Waals surface area contributed by atoms with Gasteiger partial charge in [0, 0.05) is 0 Å². The third kappa shape index (κ3) is 3.29. The van der Waals surface area contributed by atoms with Gasteiger partial charge in [0.2, 0.25) is 0 Å². The first-order valence-corrected chi connectivity index (χ1v) is 3.03. The third-order valence-electron chi connectivity index (χ3n) is 1.17. The van der Waals surface area contributed by atoms with Crippen molar-refractivity contribution in [3.8, 4) is 5.88 Å². The minimum atomic E-state index is -4.39. The predicted molar refractivity (Wildman–Crippen MR) is 34.6 cm³/mol. The van der Waals surface area contributed by atoms with Crippen LogP contribution in [0.25, 0.3) is 0 Å². The van der Waals surface area contributed by atoms with E-state index in [4.69, 9.17) is 0 Å². The Morgan fingerprint density at radius 1 is 1.46 bits per heavy atom. The Hall–Kier alpha value is -0.663. The smallest absolute Gasteiger partial charge is 0.497 e. The summed E-state index contributed by atoms with van der Waals surface area (Å²) in [6.45, 7) is 0. The molecule has 0 atom stereocenters. The Balaban J connectivity index is 0.00000144. The summed E-state index contributed by atoms with van der Waals surface area (Å²) in [7, 11) is 1.24. The summed E-state index contributed by atoms with van der Waals surface area (Å²) in [5.74, 6) is -0.162. The average molecular weight is 183 g/mol. The van der Waals surface area contributed by atoms with Crippen molar-refractivity contribution < 1.29 is 36.8 Å². The van der Waals surface area contributed by atoms with Gasteiger partial charge in [-0.3, -0.25) is 4.98 Å². The van der Waals surface area contributed by atoms with Crippen molar-refractivity contribution in [3.05, 3.63) is 23.9 Å². The molecule has 0 spiro atoms. The van der Waals surface area contributed by atoms with Crippen LogP contribution in [0.2, 0.25) is 0 Å². The largest absolute Gasteiger partial charge is 1.00 e. The molecular weight excluding hydrogens is 178 g/mol. The number of alkyl halides is 3. The number of methoxy groups -OCH3 is 1. The fraction of sp³-hybridized carbons (Fsp3) is 0.286. The molecule has 0 amide bonds. The van der Waals surface area contributed by atoms with E-state index in [9.17, 15) is 13.2 Å². The fourth-order valence-electron chi connectivity index (χ4n) is 0.638. The molecule has 0 aromatic carbocycles. The maximum atomic E-state index is 12.0. The SMILES string of the molecule is COc1[c-]c(C(F)(F)F)ccn1.[Li+]. The molecular formula is C7H5F3LiNO. The number of rotatable bonds is 1. The monoisotopic (exact) mass is 183 g/mol. The molecule has 0 aliphatic heterocycles. The van der Waals surface area contributed by atoms with E-state index in [1.54, 1.807) is 0 Å². The average Bonchev–Trinajstić information content (AvgIpc) is 2.03. The normalized spacial score (nSPS) is 10.5. The van der Waals surface area contributed by atoms with Crippen LogP contribution in [0.3, 0.4) is 0 Å². The molecule has 0 saturated heterocycles. The molecule has 2 nitrogen and oxygen atoms in total. The van der Waals surface area contributed by atoms with Crippen molar-refractivity contribution in [1.82, 2.24) is 4.98 Å². The van der Waals surface area contributed by atoms with Gasteiger partial charge < -0.3 is 4.74 Å². The quantitative estimate of drug-likeness (QED) is 0.408. The van der Waals surface area contributed by atoms with E-state index in [2.05, 4.69) is 9.72 Å². The van der Waals surface area contributed by atoms with Crippen LogP contribution in [0.1, 0.15) is 5.56 Å². The van der Waals surface area contributed by atoms with Crippen LogP contribution >= 0.6 is 0 Å². The molecule has 13 heavy (non-hydrogen) atoms. The molecule has 1 aromatic rings. The molecule has 6 heteroatoms. The zero-order valence-electron chi connectivity index (χ0n) is 7.14. The molecule has 0 unspecified atom stereocenters. The van der Waals surface area contributed by atoms with Crippen LogP contribution in [0.5, 0.6) is 5.88 Å². The fourth-order valence-corrected chi connectivity index (χ4v) is 0.638. The first kappa shape index (κ1) is 12.3. The minimum Gasteiger partial charge on any atom is -0.497 e. The first-order chi connectivity index (χ1) is 5.54. The standard InChI is InChI=1S/C7H5F3NO.Li/c1-12-6-4-5(2-3-11-6)7(8,9)10;/h2-3H,1H3;/q-1;+1. The van der Waals surface area contributed by atoms with Crippen molar-refractivity contribution in [2.24, 2.45) is 0 Å². The zero-order valence-corrected chi connectivity index (χ0v) is 7.14. The summed E-state index contributed by atoms with van der Waals surface area (Å²) < 4.78 is 40.5. The Morgan fingerprint density at radius 3 is 2.54 bits per heavy atom. The Morgan fingerprint density at radius 2 is 2.08 bits per heavy atom. The summed E-state index contributed by atoms with van der Waals surface area (Å²) >= 11 is 0. The van der Waals surface area contributed by atoms with Crippen LogP contribution < -0.4 is 23.6 Å². The molecule has 0 aliphatic carbocycles. The third-order valence-corrected chi connectivity index (χ3v) is 1.17. The van der Waals surface area contributed by atoms with E-state index in [0.717, 1.165) is 12.3 Å². The topological polar surface area (TPSA) is 22.1 Å². The van der Waals surface area contributed by atoms with Gasteiger partial charge in [-0.2, -0.15) is 25.3 Å². The van der Waals surface area contributed by atoms with Gasteiger partial charge in [0.1, 0.15) is 5.88 Å². The molecule has 0 saturated carbocycles. The van der Waals surface area contributed by atoms with E-state index in [-0.39, 0.29) is 24.7 Å². The Bertz CT molecular complexity index is 277. The molecule has 66 valence electrons. The van der Waals surface area contributed by atoms with Gasteiger partial charge in [-0.1, -0.05) is 6.20 Å². The van der Waals surface area contributed by atoms with Crippen LogP contribution in [0, 0.1) is 6.07 Å². The predicted octanol–water partition coefficient (Wildman–Crippen LogP) is -1.09. The zero-order chi connectivity index (χ0) is 9.19. The van der Waals surface area contributed by atoms with Crippen LogP contribution in [0.15, 0.2) is 12.3 Å². The van der Waals surface area contributed by atoms with Crippen molar-refractivity contribution >= 4 is 0 Å². The van der Waals surface area contributed by atoms with Crippen LogP contribution in [-0.2, 0) is 6.18 Å². The number of hydrogen-bond acceptors (Lipinski definition) is 2. The van der Waals surface area contributed by atoms with Gasteiger partial charge >= 0.3 is 25.0 Å². The summed E-state index contributed by atoms with van der Waals surface area (Å²) in [5, 5.41) is 0. The van der Waals surface area contributed by atoms with E-state index in [1.165, 1.54) is 7.11 Å². The van der Waals surface area contributed by atoms with Crippen molar-refractivity contribution in [3.63, 3.8) is 0 Å². The first-order valence-electron chi connectivity index (χ1n) is 3.03. The summed E-state index contributed by atoms with van der Waals surface area (Å²) in [5.41, 5.74) is -0.880. The number of aromatic nitrogens is 1. The Labute approximate surface area is 85.3 Å². The van der Waals surface area contributed by atoms with Crippen molar-refractivity contribution in [2.45, 2.75) is 6.18 Å². The Kier molecular flexibility index (Phi) is 4.31. The number of halogens is 3. The van der Waals surface area contributed by atoms with Gasteiger partial charge in [-0.05, 0) is 0 Å².